The van der Waals surface area contributed by atoms with Crippen molar-refractivity contribution in [2.45, 2.75) is 52.6 Å². The molecule has 0 aromatic heterocycles. The molecular formula is C25H30O. The summed E-state index contributed by atoms with van der Waals surface area (Å²) < 4.78 is 6.80. The van der Waals surface area contributed by atoms with E-state index < -0.39 is 0 Å². The average Bonchev–Trinajstić information content (AvgIpc) is 2.78. The summed E-state index contributed by atoms with van der Waals surface area (Å²) in [5.41, 5.74) is 5.32. The number of hydrogen-bond acceptors (Lipinski definition) is 1. The highest BCUT2D eigenvalue weighted by atomic mass is 16.5. The summed E-state index contributed by atoms with van der Waals surface area (Å²) in [4.78, 5) is 0. The summed E-state index contributed by atoms with van der Waals surface area (Å²) in [7, 11) is 0. The van der Waals surface area contributed by atoms with E-state index in [9.17, 15) is 0 Å². The van der Waals surface area contributed by atoms with Crippen molar-refractivity contribution in [2.24, 2.45) is 17.8 Å². The van der Waals surface area contributed by atoms with Crippen LogP contribution >= 0.6 is 0 Å². The fourth-order valence-electron chi connectivity index (χ4n) is 4.69. The van der Waals surface area contributed by atoms with Crippen molar-refractivity contribution in [1.82, 2.24) is 0 Å². The third-order valence-electron chi connectivity index (χ3n) is 6.25. The molecule has 1 fully saturated rings. The Kier molecular flexibility index (Phi) is 4.89. The smallest absolute Gasteiger partial charge is 0.127 e. The largest absolute Gasteiger partial charge is 0.489 e. The molecule has 0 bridgehead atoms. The predicted octanol–water partition coefficient (Wildman–Crippen LogP) is 6.57. The first kappa shape index (κ1) is 17.4. The molecule has 0 aliphatic heterocycles. The normalized spacial score (nSPS) is 25.1. The van der Waals surface area contributed by atoms with Crippen LogP contribution in [-0.4, -0.2) is 6.10 Å². The summed E-state index contributed by atoms with van der Waals surface area (Å²) in [6, 6.07) is 17.5. The molecule has 0 amide bonds. The minimum absolute atomic E-state index is 0.323. The average molecular weight is 347 g/mol. The van der Waals surface area contributed by atoms with E-state index in [1.807, 2.05) is 0 Å². The van der Waals surface area contributed by atoms with Crippen molar-refractivity contribution in [3.05, 3.63) is 70.8 Å². The van der Waals surface area contributed by atoms with E-state index in [-0.39, 0.29) is 0 Å². The van der Waals surface area contributed by atoms with Gasteiger partial charge in [-0.1, -0.05) is 75.7 Å². The van der Waals surface area contributed by atoms with Gasteiger partial charge in [0.1, 0.15) is 11.9 Å². The van der Waals surface area contributed by atoms with Gasteiger partial charge in [-0.2, -0.15) is 0 Å². The minimum Gasteiger partial charge on any atom is -0.489 e. The monoisotopic (exact) mass is 346 g/mol. The van der Waals surface area contributed by atoms with Gasteiger partial charge in [0.25, 0.3) is 0 Å². The van der Waals surface area contributed by atoms with Crippen molar-refractivity contribution < 1.29 is 4.74 Å². The van der Waals surface area contributed by atoms with Crippen LogP contribution < -0.4 is 0 Å². The molecule has 0 N–H and O–H groups in total. The van der Waals surface area contributed by atoms with E-state index >= 15 is 0 Å². The first-order valence-corrected chi connectivity index (χ1v) is 10.2. The summed E-state index contributed by atoms with van der Waals surface area (Å²) in [5.74, 6) is 3.14. The van der Waals surface area contributed by atoms with Gasteiger partial charge < -0.3 is 4.74 Å². The first-order chi connectivity index (χ1) is 12.6. The Morgan fingerprint density at radius 2 is 1.65 bits per heavy atom. The lowest BCUT2D eigenvalue weighted by atomic mass is 9.75. The molecule has 1 nitrogen and oxygen atoms in total. The minimum atomic E-state index is 0.323. The van der Waals surface area contributed by atoms with Crippen LogP contribution in [0.4, 0.5) is 0 Å². The highest BCUT2D eigenvalue weighted by Crippen LogP contribution is 2.39. The number of ether oxygens (including phenoxy) is 1. The second-order valence-electron chi connectivity index (χ2n) is 8.52. The van der Waals surface area contributed by atoms with Crippen LogP contribution in [0, 0.1) is 17.8 Å². The van der Waals surface area contributed by atoms with E-state index in [0.29, 0.717) is 17.9 Å². The zero-order chi connectivity index (χ0) is 18.1. The zero-order valence-electron chi connectivity index (χ0n) is 16.2. The molecule has 0 radical (unpaired) electrons. The highest BCUT2D eigenvalue weighted by molar-refractivity contribution is 5.82. The van der Waals surface area contributed by atoms with Gasteiger partial charge in [-0.25, -0.2) is 0 Å². The van der Waals surface area contributed by atoms with Crippen molar-refractivity contribution in [3.63, 3.8) is 0 Å². The molecule has 136 valence electrons. The van der Waals surface area contributed by atoms with Crippen molar-refractivity contribution in [3.8, 4) is 0 Å². The summed E-state index contributed by atoms with van der Waals surface area (Å²) >= 11 is 0. The standard InChI is InChI=1S/C25H30O/c1-17(2)22-13-12-18(3)14-24(22)26-25-16-20-9-5-4-8-19(20)15-21-10-6-7-11-23(21)25/h4-11,16-18,22,24H,12-15H2,1-3H3/t18-,22+,24?/m1/s1. The fourth-order valence-corrected chi connectivity index (χ4v) is 4.69. The maximum Gasteiger partial charge on any atom is 0.127 e. The lowest BCUT2D eigenvalue weighted by Crippen LogP contribution is -2.34. The Morgan fingerprint density at radius 1 is 0.923 bits per heavy atom. The molecule has 0 saturated heterocycles. The van der Waals surface area contributed by atoms with Crippen LogP contribution in [0.1, 0.15) is 62.3 Å². The molecule has 2 aromatic carbocycles. The Balaban J connectivity index is 1.73. The van der Waals surface area contributed by atoms with Gasteiger partial charge in [0.05, 0.1) is 0 Å². The summed E-state index contributed by atoms with van der Waals surface area (Å²) in [6.45, 7) is 7.07. The molecule has 26 heavy (non-hydrogen) atoms. The Labute approximate surface area is 158 Å². The van der Waals surface area contributed by atoms with Gasteiger partial charge in [-0.15, -0.1) is 0 Å². The van der Waals surface area contributed by atoms with Crippen LogP contribution in [0.5, 0.6) is 0 Å². The first-order valence-electron chi connectivity index (χ1n) is 10.2. The van der Waals surface area contributed by atoms with Crippen LogP contribution in [0.3, 0.4) is 0 Å². The topological polar surface area (TPSA) is 9.23 Å². The molecule has 3 atom stereocenters. The van der Waals surface area contributed by atoms with Gasteiger partial charge in [-0.05, 0) is 59.8 Å². The van der Waals surface area contributed by atoms with Crippen molar-refractivity contribution in [1.29, 1.82) is 0 Å². The SMILES string of the molecule is CC(C)[C@@H]1CC[C@@H](C)CC1OC1=Cc2ccccc2Cc2ccccc21. The number of hydrogen-bond donors (Lipinski definition) is 0. The number of rotatable bonds is 3. The number of fused-ring (bicyclic) bond motifs is 2. The van der Waals surface area contributed by atoms with Crippen molar-refractivity contribution in [2.75, 3.05) is 0 Å². The maximum absolute atomic E-state index is 6.80. The van der Waals surface area contributed by atoms with Gasteiger partial charge in [0, 0.05) is 5.56 Å². The molecule has 1 saturated carbocycles. The molecule has 2 aliphatic rings. The quantitative estimate of drug-likeness (QED) is 0.611. The molecule has 0 heterocycles. The second kappa shape index (κ2) is 7.31. The van der Waals surface area contributed by atoms with Gasteiger partial charge in [0.15, 0.2) is 0 Å². The summed E-state index contributed by atoms with van der Waals surface area (Å²) in [6.07, 6.45) is 7.37. The Bertz CT molecular complexity index is 801. The van der Waals surface area contributed by atoms with Crippen molar-refractivity contribution >= 4 is 11.8 Å². The molecule has 4 rings (SSSR count). The number of benzene rings is 2. The van der Waals surface area contributed by atoms with Gasteiger partial charge in [0.2, 0.25) is 0 Å². The molecule has 2 aliphatic carbocycles. The highest BCUT2D eigenvalue weighted by Gasteiger charge is 2.33. The van der Waals surface area contributed by atoms with Crippen LogP contribution in [0.15, 0.2) is 48.5 Å². The lowest BCUT2D eigenvalue weighted by molar-refractivity contribution is 0.0265. The van der Waals surface area contributed by atoms with Gasteiger partial charge in [-0.3, -0.25) is 0 Å². The molecule has 1 heteroatoms. The lowest BCUT2D eigenvalue weighted by Gasteiger charge is -2.38. The second-order valence-corrected chi connectivity index (χ2v) is 8.52. The van der Waals surface area contributed by atoms with E-state index in [2.05, 4.69) is 75.4 Å². The van der Waals surface area contributed by atoms with E-state index in [1.54, 1.807) is 0 Å². The van der Waals surface area contributed by atoms with E-state index in [0.717, 1.165) is 18.1 Å². The molecule has 2 aromatic rings. The zero-order valence-corrected chi connectivity index (χ0v) is 16.2. The molecular weight excluding hydrogens is 316 g/mol. The van der Waals surface area contributed by atoms with Gasteiger partial charge >= 0.3 is 0 Å². The third-order valence-corrected chi connectivity index (χ3v) is 6.25. The Morgan fingerprint density at radius 3 is 2.46 bits per heavy atom. The maximum atomic E-state index is 6.80. The van der Waals surface area contributed by atoms with Crippen LogP contribution in [0.25, 0.3) is 11.8 Å². The van der Waals surface area contributed by atoms with E-state index in [4.69, 9.17) is 4.74 Å². The van der Waals surface area contributed by atoms with Crippen LogP contribution in [-0.2, 0) is 11.2 Å². The van der Waals surface area contributed by atoms with Crippen LogP contribution in [0.2, 0.25) is 0 Å². The summed E-state index contributed by atoms with van der Waals surface area (Å²) in [5, 5.41) is 0. The Hall–Kier alpha value is -2.02. The predicted molar refractivity (Wildman–Crippen MR) is 110 cm³/mol. The molecule has 1 unspecified atom stereocenters. The fraction of sp³-hybridized carbons (Fsp3) is 0.440. The third kappa shape index (κ3) is 3.45. The van der Waals surface area contributed by atoms with E-state index in [1.165, 1.54) is 41.5 Å². The molecule has 0 spiro atoms.